The highest BCUT2D eigenvalue weighted by Crippen LogP contribution is 2.43. The predicted octanol–water partition coefficient (Wildman–Crippen LogP) is 3.88. The predicted molar refractivity (Wildman–Crippen MR) is 62.7 cm³/mol. The molecule has 2 aliphatic rings. The van der Waals surface area contributed by atoms with Crippen LogP contribution in [0.2, 0.25) is 0 Å². The lowest BCUT2D eigenvalue weighted by molar-refractivity contribution is -0.116. The minimum Gasteiger partial charge on any atom is -0.295 e. The Hall–Kier alpha value is -0.590. The number of carbonyl (C=O) groups is 1. The van der Waals surface area contributed by atoms with Gasteiger partial charge in [0.2, 0.25) is 0 Å². The first-order chi connectivity index (χ1) is 7.38. The minimum atomic E-state index is 0.402. The van der Waals surface area contributed by atoms with Crippen LogP contribution in [0.25, 0.3) is 0 Å². The summed E-state index contributed by atoms with van der Waals surface area (Å²) in [6.07, 6.45) is 15.6. The molecule has 0 saturated heterocycles. The third-order valence-electron chi connectivity index (χ3n) is 3.77. The van der Waals surface area contributed by atoms with E-state index >= 15 is 0 Å². The number of ketones is 1. The maximum absolute atomic E-state index is 11.7. The third-order valence-corrected chi connectivity index (χ3v) is 3.77. The van der Waals surface area contributed by atoms with Crippen molar-refractivity contribution < 1.29 is 4.79 Å². The quantitative estimate of drug-likeness (QED) is 0.588. The molecule has 0 aliphatic heterocycles. The van der Waals surface area contributed by atoms with Gasteiger partial charge < -0.3 is 0 Å². The van der Waals surface area contributed by atoms with Gasteiger partial charge in [-0.15, -0.1) is 0 Å². The smallest absolute Gasteiger partial charge is 0.158 e. The van der Waals surface area contributed by atoms with E-state index in [0.717, 1.165) is 12.3 Å². The molecule has 0 bridgehead atoms. The van der Waals surface area contributed by atoms with Gasteiger partial charge in [-0.05, 0) is 37.7 Å². The highest BCUT2D eigenvalue weighted by atomic mass is 16.1. The normalized spacial score (nSPS) is 35.6. The van der Waals surface area contributed by atoms with E-state index < -0.39 is 0 Å². The molecule has 1 fully saturated rings. The van der Waals surface area contributed by atoms with Crippen LogP contribution in [0.1, 0.15) is 57.8 Å². The monoisotopic (exact) mass is 206 g/mol. The average molecular weight is 206 g/mol. The Balaban J connectivity index is 1.82. The van der Waals surface area contributed by atoms with Crippen molar-refractivity contribution in [1.29, 1.82) is 0 Å². The Kier molecular flexibility index (Phi) is 3.99. The fourth-order valence-corrected chi connectivity index (χ4v) is 2.61. The zero-order chi connectivity index (χ0) is 10.5. The third kappa shape index (κ3) is 3.48. The Morgan fingerprint density at radius 2 is 1.73 bits per heavy atom. The molecular formula is C14H22O. The second kappa shape index (κ2) is 5.48. The number of rotatable bonds is 0. The van der Waals surface area contributed by atoms with E-state index in [1.165, 1.54) is 51.4 Å². The van der Waals surface area contributed by atoms with Gasteiger partial charge in [-0.3, -0.25) is 4.79 Å². The van der Waals surface area contributed by atoms with E-state index in [-0.39, 0.29) is 0 Å². The maximum atomic E-state index is 11.7. The summed E-state index contributed by atoms with van der Waals surface area (Å²) in [5, 5.41) is 0. The summed E-state index contributed by atoms with van der Waals surface area (Å²) in [6.45, 7) is 0. The Morgan fingerprint density at radius 1 is 1.00 bits per heavy atom. The van der Waals surface area contributed by atoms with Crippen LogP contribution in [0.5, 0.6) is 0 Å². The van der Waals surface area contributed by atoms with Gasteiger partial charge in [0.25, 0.3) is 0 Å². The van der Waals surface area contributed by atoms with Gasteiger partial charge in [0.1, 0.15) is 0 Å². The summed E-state index contributed by atoms with van der Waals surface area (Å²) >= 11 is 0. The van der Waals surface area contributed by atoms with Crippen molar-refractivity contribution in [1.82, 2.24) is 0 Å². The number of allylic oxidation sites excluding steroid dienone is 2. The molecule has 1 nitrogen and oxygen atoms in total. The van der Waals surface area contributed by atoms with Gasteiger partial charge in [0.05, 0.1) is 0 Å². The summed E-state index contributed by atoms with van der Waals surface area (Å²) in [5.74, 6) is 1.55. The van der Waals surface area contributed by atoms with Crippen LogP contribution in [0.15, 0.2) is 12.2 Å². The zero-order valence-electron chi connectivity index (χ0n) is 9.58. The van der Waals surface area contributed by atoms with Crippen molar-refractivity contribution in [2.24, 2.45) is 11.8 Å². The van der Waals surface area contributed by atoms with Crippen LogP contribution in [-0.4, -0.2) is 5.78 Å². The molecule has 1 saturated carbocycles. The van der Waals surface area contributed by atoms with Crippen molar-refractivity contribution in [3.8, 4) is 0 Å². The SMILES string of the molecule is O=C1/C=C\CCCCCCCC[C@@H]2C[C@@H]12. The summed E-state index contributed by atoms with van der Waals surface area (Å²) < 4.78 is 0. The topological polar surface area (TPSA) is 17.1 Å². The van der Waals surface area contributed by atoms with Crippen LogP contribution in [-0.2, 0) is 4.79 Å². The van der Waals surface area contributed by atoms with Crippen molar-refractivity contribution in [3.63, 3.8) is 0 Å². The van der Waals surface area contributed by atoms with Crippen LogP contribution >= 0.6 is 0 Å². The molecule has 0 unspecified atom stereocenters. The molecule has 1 heteroatoms. The highest BCUT2D eigenvalue weighted by molar-refractivity contribution is 5.93. The van der Waals surface area contributed by atoms with Crippen LogP contribution < -0.4 is 0 Å². The first-order valence-corrected chi connectivity index (χ1v) is 6.58. The molecule has 0 spiro atoms. The van der Waals surface area contributed by atoms with Crippen molar-refractivity contribution in [2.75, 3.05) is 0 Å². The van der Waals surface area contributed by atoms with Crippen molar-refractivity contribution >= 4 is 5.78 Å². The number of hydrogen-bond donors (Lipinski definition) is 0. The van der Waals surface area contributed by atoms with Gasteiger partial charge in [-0.2, -0.15) is 0 Å². The standard InChI is InChI=1S/C14H22O/c15-14-10-8-6-4-2-1-3-5-7-9-12-11-13(12)14/h8,10,12-13H,1-7,9,11H2/b10-8-/t12-,13-/m1/s1. The first kappa shape index (κ1) is 10.9. The molecule has 2 atom stereocenters. The van der Waals surface area contributed by atoms with Gasteiger partial charge in [-0.1, -0.05) is 38.2 Å². The molecule has 0 aromatic rings. The number of fused-ring (bicyclic) bond motifs is 1. The molecule has 0 heterocycles. The molecule has 84 valence electrons. The maximum Gasteiger partial charge on any atom is 0.158 e. The molecule has 2 aliphatic carbocycles. The fourth-order valence-electron chi connectivity index (χ4n) is 2.61. The fraction of sp³-hybridized carbons (Fsp3) is 0.786. The Morgan fingerprint density at radius 3 is 2.60 bits per heavy atom. The van der Waals surface area contributed by atoms with Gasteiger partial charge in [0, 0.05) is 5.92 Å². The molecule has 0 aromatic heterocycles. The van der Waals surface area contributed by atoms with Crippen molar-refractivity contribution in [3.05, 3.63) is 12.2 Å². The average Bonchev–Trinajstić information content (AvgIpc) is 2.99. The van der Waals surface area contributed by atoms with E-state index in [9.17, 15) is 4.79 Å². The van der Waals surface area contributed by atoms with Crippen LogP contribution in [0.4, 0.5) is 0 Å². The van der Waals surface area contributed by atoms with E-state index in [0.29, 0.717) is 11.7 Å². The van der Waals surface area contributed by atoms with Crippen LogP contribution in [0.3, 0.4) is 0 Å². The van der Waals surface area contributed by atoms with E-state index in [4.69, 9.17) is 0 Å². The largest absolute Gasteiger partial charge is 0.295 e. The Labute approximate surface area is 92.9 Å². The second-order valence-corrected chi connectivity index (χ2v) is 5.11. The minimum absolute atomic E-state index is 0.402. The highest BCUT2D eigenvalue weighted by Gasteiger charge is 2.40. The lowest BCUT2D eigenvalue weighted by atomic mass is 10.1. The summed E-state index contributed by atoms with van der Waals surface area (Å²) in [7, 11) is 0. The number of hydrogen-bond acceptors (Lipinski definition) is 1. The van der Waals surface area contributed by atoms with Crippen LogP contribution in [0, 0.1) is 11.8 Å². The van der Waals surface area contributed by atoms with E-state index in [2.05, 4.69) is 6.08 Å². The molecule has 0 aromatic carbocycles. The molecule has 0 N–H and O–H groups in total. The Bertz CT molecular complexity index is 242. The molecule has 0 radical (unpaired) electrons. The molecule has 0 amide bonds. The van der Waals surface area contributed by atoms with Gasteiger partial charge >= 0.3 is 0 Å². The molecule has 2 rings (SSSR count). The lowest BCUT2D eigenvalue weighted by Gasteiger charge is -2.00. The van der Waals surface area contributed by atoms with Gasteiger partial charge in [-0.25, -0.2) is 0 Å². The lowest BCUT2D eigenvalue weighted by Crippen LogP contribution is -1.97. The van der Waals surface area contributed by atoms with E-state index in [1.807, 2.05) is 6.08 Å². The summed E-state index contributed by atoms with van der Waals surface area (Å²) in [4.78, 5) is 11.7. The molecule has 15 heavy (non-hydrogen) atoms. The number of carbonyl (C=O) groups excluding carboxylic acids is 1. The first-order valence-electron chi connectivity index (χ1n) is 6.58. The van der Waals surface area contributed by atoms with Gasteiger partial charge in [0.15, 0.2) is 5.78 Å². The second-order valence-electron chi connectivity index (χ2n) is 5.11. The van der Waals surface area contributed by atoms with E-state index in [1.54, 1.807) is 0 Å². The molecular weight excluding hydrogens is 184 g/mol. The zero-order valence-corrected chi connectivity index (χ0v) is 9.58. The summed E-state index contributed by atoms with van der Waals surface area (Å²) in [5.41, 5.74) is 0. The van der Waals surface area contributed by atoms with Crippen molar-refractivity contribution in [2.45, 2.75) is 57.8 Å². The summed E-state index contributed by atoms with van der Waals surface area (Å²) in [6, 6.07) is 0.